The molecule has 0 atom stereocenters. The van der Waals surface area contributed by atoms with E-state index in [1.807, 2.05) is 20.8 Å². The maximum absolute atomic E-state index is 12.5. The van der Waals surface area contributed by atoms with E-state index >= 15 is 0 Å². The molecule has 6 nitrogen and oxygen atoms in total. The molecule has 1 heterocycles. The van der Waals surface area contributed by atoms with Crippen molar-refractivity contribution >= 4 is 44.5 Å². The summed E-state index contributed by atoms with van der Waals surface area (Å²) in [7, 11) is 1.37. The number of methoxy groups -OCH3 is 1. The number of aromatic nitrogens is 1. The number of thiazole rings is 1. The van der Waals surface area contributed by atoms with Crippen molar-refractivity contribution in [1.29, 1.82) is 0 Å². The molecular weight excluding hydrogens is 372 g/mol. The predicted octanol–water partition coefficient (Wildman–Crippen LogP) is 3.60. The van der Waals surface area contributed by atoms with Crippen molar-refractivity contribution in [3.05, 3.63) is 9.98 Å². The maximum atomic E-state index is 12.5. The van der Waals surface area contributed by atoms with Crippen LogP contribution in [-0.4, -0.2) is 35.8 Å². The summed E-state index contributed by atoms with van der Waals surface area (Å²) in [6.07, 6.45) is 2.32. The van der Waals surface area contributed by atoms with Crippen molar-refractivity contribution in [2.24, 2.45) is 5.92 Å². The highest BCUT2D eigenvalue weighted by molar-refractivity contribution is 9.11. The van der Waals surface area contributed by atoms with Crippen LogP contribution in [0.1, 0.15) is 33.6 Å². The second-order valence-electron chi connectivity index (χ2n) is 6.14. The topological polar surface area (TPSA) is 68.7 Å². The molecule has 1 aromatic heterocycles. The number of carbonyl (C=O) groups excluding carboxylic acids is 2. The summed E-state index contributed by atoms with van der Waals surface area (Å²) in [6.45, 7) is 5.45. The van der Waals surface area contributed by atoms with Crippen LogP contribution in [0.3, 0.4) is 0 Å². The van der Waals surface area contributed by atoms with Crippen molar-refractivity contribution in [3.8, 4) is 0 Å². The smallest absolute Gasteiger partial charge is 0.416 e. The number of hydrogen-bond acceptors (Lipinski definition) is 6. The second-order valence-corrected chi connectivity index (χ2v) is 8.53. The number of halogens is 1. The predicted molar refractivity (Wildman–Crippen MR) is 87.1 cm³/mol. The highest BCUT2D eigenvalue weighted by Gasteiger charge is 2.43. The molecule has 0 radical (unpaired) electrons. The molecule has 2 rings (SSSR count). The van der Waals surface area contributed by atoms with Crippen LogP contribution in [0.25, 0.3) is 0 Å². The summed E-state index contributed by atoms with van der Waals surface area (Å²) in [5.41, 5.74) is -0.588. The molecule has 1 saturated carbocycles. The normalized spacial score (nSPS) is 21.0. The van der Waals surface area contributed by atoms with Gasteiger partial charge in [-0.15, -0.1) is 0 Å². The number of nitrogens with zero attached hydrogens (tertiary/aromatic N) is 2. The fourth-order valence-electron chi connectivity index (χ4n) is 2.21. The van der Waals surface area contributed by atoms with E-state index in [0.29, 0.717) is 18.0 Å². The average molecular weight is 391 g/mol. The molecular formula is C14H19BrN2O4S. The first-order chi connectivity index (χ1) is 10.2. The Morgan fingerprint density at radius 2 is 2.05 bits per heavy atom. The Balaban J connectivity index is 2.14. The molecule has 1 aromatic rings. The van der Waals surface area contributed by atoms with E-state index in [2.05, 4.69) is 20.9 Å². The second kappa shape index (κ2) is 6.54. The molecule has 0 spiro atoms. The third kappa shape index (κ3) is 3.98. The highest BCUT2D eigenvalue weighted by Crippen LogP contribution is 2.38. The van der Waals surface area contributed by atoms with Crippen LogP contribution < -0.4 is 4.90 Å². The Morgan fingerprint density at radius 3 is 2.50 bits per heavy atom. The highest BCUT2D eigenvalue weighted by atomic mass is 79.9. The van der Waals surface area contributed by atoms with Crippen LogP contribution in [0, 0.1) is 5.92 Å². The molecule has 0 aliphatic heterocycles. The van der Waals surface area contributed by atoms with E-state index in [1.54, 1.807) is 11.1 Å². The third-order valence-corrected chi connectivity index (χ3v) is 4.75. The van der Waals surface area contributed by atoms with Gasteiger partial charge >= 0.3 is 12.1 Å². The van der Waals surface area contributed by atoms with Gasteiger partial charge in [-0.1, -0.05) is 11.3 Å². The van der Waals surface area contributed by atoms with Gasteiger partial charge in [-0.25, -0.2) is 14.7 Å². The van der Waals surface area contributed by atoms with Gasteiger partial charge in [-0.2, -0.15) is 0 Å². The first-order valence-electron chi connectivity index (χ1n) is 6.92. The standard InChI is InChI=1S/C14H19BrN2O4S/c1-14(2,3)21-13(19)17(12-16-7-10(15)22-12)9-5-8(6-9)11(18)20-4/h7-9H,5-6H2,1-4H3. The van der Waals surface area contributed by atoms with Gasteiger partial charge in [0.2, 0.25) is 0 Å². The fraction of sp³-hybridized carbons (Fsp3) is 0.643. The summed E-state index contributed by atoms with van der Waals surface area (Å²) >= 11 is 4.71. The molecule has 8 heteroatoms. The summed E-state index contributed by atoms with van der Waals surface area (Å²) in [4.78, 5) is 29.8. The summed E-state index contributed by atoms with van der Waals surface area (Å²) < 4.78 is 11.0. The Kier molecular flexibility index (Phi) is 5.11. The van der Waals surface area contributed by atoms with Crippen LogP contribution in [0.5, 0.6) is 0 Å². The lowest BCUT2D eigenvalue weighted by Crippen LogP contribution is -2.51. The van der Waals surface area contributed by atoms with Gasteiger partial charge in [0.1, 0.15) is 5.60 Å². The number of hydrogen-bond donors (Lipinski definition) is 0. The lowest BCUT2D eigenvalue weighted by molar-refractivity contribution is -0.148. The van der Waals surface area contributed by atoms with Crippen molar-refractivity contribution < 1.29 is 19.1 Å². The number of carbonyl (C=O) groups is 2. The zero-order valence-electron chi connectivity index (χ0n) is 13.0. The zero-order valence-corrected chi connectivity index (χ0v) is 15.4. The van der Waals surface area contributed by atoms with E-state index in [0.717, 1.165) is 3.79 Å². The first-order valence-corrected chi connectivity index (χ1v) is 8.53. The largest absolute Gasteiger partial charge is 0.469 e. The van der Waals surface area contributed by atoms with Crippen molar-refractivity contribution in [3.63, 3.8) is 0 Å². The van der Waals surface area contributed by atoms with Crippen molar-refractivity contribution in [2.45, 2.75) is 45.3 Å². The summed E-state index contributed by atoms with van der Waals surface area (Å²) in [5.74, 6) is -0.399. The molecule has 122 valence electrons. The minimum absolute atomic E-state index is 0.100. The van der Waals surface area contributed by atoms with Crippen LogP contribution in [0.2, 0.25) is 0 Å². The average Bonchev–Trinajstić information content (AvgIpc) is 2.76. The van der Waals surface area contributed by atoms with Crippen molar-refractivity contribution in [2.75, 3.05) is 12.0 Å². The summed E-state index contributed by atoms with van der Waals surface area (Å²) in [6, 6.07) is -0.100. The van der Waals surface area contributed by atoms with Gasteiger partial charge < -0.3 is 9.47 Å². The molecule has 1 fully saturated rings. The maximum Gasteiger partial charge on any atom is 0.416 e. The van der Waals surface area contributed by atoms with Crippen LogP contribution >= 0.6 is 27.3 Å². The molecule has 1 aliphatic carbocycles. The Hall–Kier alpha value is -1.15. The Bertz CT molecular complexity index is 563. The molecule has 0 saturated heterocycles. The SMILES string of the molecule is COC(=O)C1CC(N(C(=O)OC(C)(C)C)c2ncc(Br)s2)C1. The zero-order chi connectivity index (χ0) is 16.5. The van der Waals surface area contributed by atoms with E-state index in [-0.39, 0.29) is 17.9 Å². The molecule has 0 bridgehead atoms. The van der Waals surface area contributed by atoms with E-state index < -0.39 is 11.7 Å². The fourth-order valence-corrected chi connectivity index (χ4v) is 3.45. The van der Waals surface area contributed by atoms with E-state index in [1.165, 1.54) is 18.4 Å². The van der Waals surface area contributed by atoms with Gasteiger partial charge in [0.05, 0.1) is 23.0 Å². The van der Waals surface area contributed by atoms with Gasteiger partial charge in [0.25, 0.3) is 0 Å². The number of amides is 1. The van der Waals surface area contributed by atoms with Gasteiger partial charge in [-0.3, -0.25) is 4.79 Å². The third-order valence-electron chi connectivity index (χ3n) is 3.27. The minimum Gasteiger partial charge on any atom is -0.469 e. The Labute approximate surface area is 141 Å². The van der Waals surface area contributed by atoms with E-state index in [4.69, 9.17) is 9.47 Å². The van der Waals surface area contributed by atoms with Crippen LogP contribution in [0.15, 0.2) is 9.98 Å². The lowest BCUT2D eigenvalue weighted by Gasteiger charge is -2.40. The quantitative estimate of drug-likeness (QED) is 0.737. The van der Waals surface area contributed by atoms with Crippen molar-refractivity contribution in [1.82, 2.24) is 4.98 Å². The van der Waals surface area contributed by atoms with Crippen LogP contribution in [0.4, 0.5) is 9.93 Å². The molecule has 0 unspecified atom stereocenters. The molecule has 1 amide bonds. The lowest BCUT2D eigenvalue weighted by atomic mass is 9.79. The molecule has 0 N–H and O–H groups in total. The minimum atomic E-state index is -0.588. The molecule has 1 aliphatic rings. The number of anilines is 1. The molecule has 0 aromatic carbocycles. The number of ether oxygens (including phenoxy) is 2. The number of rotatable bonds is 3. The first kappa shape index (κ1) is 17.2. The van der Waals surface area contributed by atoms with Crippen LogP contribution in [-0.2, 0) is 14.3 Å². The van der Waals surface area contributed by atoms with Gasteiger partial charge in [-0.05, 0) is 49.5 Å². The van der Waals surface area contributed by atoms with Gasteiger partial charge in [0, 0.05) is 6.04 Å². The monoisotopic (exact) mass is 390 g/mol. The summed E-state index contributed by atoms with van der Waals surface area (Å²) in [5, 5.41) is 0.564. The van der Waals surface area contributed by atoms with Gasteiger partial charge in [0.15, 0.2) is 5.13 Å². The molecule has 22 heavy (non-hydrogen) atoms. The Morgan fingerprint density at radius 1 is 1.41 bits per heavy atom. The van der Waals surface area contributed by atoms with E-state index in [9.17, 15) is 9.59 Å². The number of esters is 1.